The van der Waals surface area contributed by atoms with Gasteiger partial charge in [-0.05, 0) is 55.3 Å². The lowest BCUT2D eigenvalue weighted by molar-refractivity contribution is -0.120. The normalized spacial score (nSPS) is 16.3. The third-order valence-corrected chi connectivity index (χ3v) is 8.95. The van der Waals surface area contributed by atoms with E-state index in [9.17, 15) is 26.0 Å². The molecule has 0 atom stereocenters. The number of amides is 1. The second kappa shape index (κ2) is 8.48. The van der Waals surface area contributed by atoms with Crippen LogP contribution in [0, 0.1) is 11.7 Å². The maximum Gasteiger partial charge on any atom is 0.243 e. The minimum atomic E-state index is -3.85. The molecule has 0 saturated carbocycles. The highest BCUT2D eigenvalue weighted by Gasteiger charge is 2.32. The number of halogens is 1. The van der Waals surface area contributed by atoms with E-state index in [1.807, 2.05) is 0 Å². The molecular formula is C19H19FN4O5S3. The Morgan fingerprint density at radius 1 is 1.06 bits per heavy atom. The average molecular weight is 499 g/mol. The number of benzene rings is 2. The molecule has 3 aromatic rings. The fraction of sp³-hybridized carbons (Fsp3) is 0.263. The first-order chi connectivity index (χ1) is 15.0. The van der Waals surface area contributed by atoms with Gasteiger partial charge in [0.1, 0.15) is 5.82 Å². The second-order valence-electron chi connectivity index (χ2n) is 7.32. The van der Waals surface area contributed by atoms with Crippen molar-refractivity contribution in [2.75, 3.05) is 18.4 Å². The van der Waals surface area contributed by atoms with Crippen LogP contribution in [0.15, 0.2) is 52.3 Å². The SMILES string of the molecule is NS(=O)(=O)c1ccc2nc(NC(=O)C3CCN(S(=O)(=O)c4ccc(F)cc4)CC3)sc2c1. The summed E-state index contributed by atoms with van der Waals surface area (Å²) in [6, 6.07) is 8.89. The largest absolute Gasteiger partial charge is 0.302 e. The molecule has 0 unspecified atom stereocenters. The third kappa shape index (κ3) is 4.66. The summed E-state index contributed by atoms with van der Waals surface area (Å²) in [5.41, 5.74) is 0.526. The first-order valence-electron chi connectivity index (χ1n) is 9.54. The van der Waals surface area contributed by atoms with Gasteiger partial charge in [-0.1, -0.05) is 11.3 Å². The molecule has 32 heavy (non-hydrogen) atoms. The standard InChI is InChI=1S/C19H19FN4O5S3/c20-13-1-3-14(4-2-13)32(28,29)24-9-7-12(8-10-24)18(25)23-19-22-16-6-5-15(31(21,26)27)11-17(16)30-19/h1-6,11-12H,7-10H2,(H2,21,26,27)(H,22,23,25). The number of fused-ring (bicyclic) bond motifs is 1. The summed E-state index contributed by atoms with van der Waals surface area (Å²) in [6.45, 7) is 0.324. The number of rotatable bonds is 5. The molecule has 0 bridgehead atoms. The molecule has 0 spiro atoms. The van der Waals surface area contributed by atoms with Crippen molar-refractivity contribution in [1.29, 1.82) is 0 Å². The molecule has 1 fully saturated rings. The summed E-state index contributed by atoms with van der Waals surface area (Å²) >= 11 is 1.12. The summed E-state index contributed by atoms with van der Waals surface area (Å²) in [5.74, 6) is -1.20. The van der Waals surface area contributed by atoms with Crippen molar-refractivity contribution >= 4 is 52.6 Å². The highest BCUT2D eigenvalue weighted by atomic mass is 32.2. The maximum absolute atomic E-state index is 13.1. The van der Waals surface area contributed by atoms with Crippen molar-refractivity contribution in [3.05, 3.63) is 48.3 Å². The topological polar surface area (TPSA) is 140 Å². The van der Waals surface area contributed by atoms with Crippen molar-refractivity contribution < 1.29 is 26.0 Å². The van der Waals surface area contributed by atoms with E-state index in [0.717, 1.165) is 23.5 Å². The molecule has 4 rings (SSSR count). The van der Waals surface area contributed by atoms with Crippen LogP contribution < -0.4 is 10.5 Å². The summed E-state index contributed by atoms with van der Waals surface area (Å²) in [6.07, 6.45) is 0.652. The zero-order chi connectivity index (χ0) is 23.1. The van der Waals surface area contributed by atoms with Crippen molar-refractivity contribution in [3.8, 4) is 0 Å². The fourth-order valence-electron chi connectivity index (χ4n) is 3.46. The van der Waals surface area contributed by atoms with Gasteiger partial charge < -0.3 is 5.32 Å². The van der Waals surface area contributed by atoms with Gasteiger partial charge in [-0.3, -0.25) is 4.79 Å². The van der Waals surface area contributed by atoms with Gasteiger partial charge >= 0.3 is 0 Å². The van der Waals surface area contributed by atoms with Gasteiger partial charge in [0.25, 0.3) is 0 Å². The predicted molar refractivity (Wildman–Crippen MR) is 118 cm³/mol. The Morgan fingerprint density at radius 2 is 1.69 bits per heavy atom. The summed E-state index contributed by atoms with van der Waals surface area (Å²) in [4.78, 5) is 16.9. The zero-order valence-electron chi connectivity index (χ0n) is 16.6. The van der Waals surface area contributed by atoms with Crippen LogP contribution in [0.1, 0.15) is 12.8 Å². The molecule has 3 N–H and O–H groups in total. The summed E-state index contributed by atoms with van der Waals surface area (Å²) in [7, 11) is -7.60. The molecule has 1 amide bonds. The molecule has 1 aromatic heterocycles. The highest BCUT2D eigenvalue weighted by molar-refractivity contribution is 7.89. The molecule has 2 heterocycles. The molecule has 0 radical (unpaired) electrons. The van der Waals surface area contributed by atoms with Crippen molar-refractivity contribution in [3.63, 3.8) is 0 Å². The van der Waals surface area contributed by atoms with Crippen LogP contribution in [0.25, 0.3) is 10.2 Å². The second-order valence-corrected chi connectivity index (χ2v) is 11.8. The maximum atomic E-state index is 13.1. The van der Waals surface area contributed by atoms with Crippen LogP contribution in [0.2, 0.25) is 0 Å². The lowest BCUT2D eigenvalue weighted by Gasteiger charge is -2.30. The summed E-state index contributed by atoms with van der Waals surface area (Å²) in [5, 5.41) is 8.19. The smallest absolute Gasteiger partial charge is 0.243 e. The van der Waals surface area contributed by atoms with Gasteiger partial charge in [0.2, 0.25) is 26.0 Å². The number of thiazole rings is 1. The van der Waals surface area contributed by atoms with E-state index in [1.54, 1.807) is 0 Å². The number of carbonyl (C=O) groups excluding carboxylic acids is 1. The number of primary sulfonamides is 1. The number of nitrogens with one attached hydrogen (secondary N) is 1. The Balaban J connectivity index is 1.41. The number of piperidine rings is 1. The van der Waals surface area contributed by atoms with Gasteiger partial charge in [-0.25, -0.2) is 31.3 Å². The number of carbonyl (C=O) groups is 1. The number of hydrogen-bond acceptors (Lipinski definition) is 7. The molecule has 170 valence electrons. The molecule has 1 aliphatic rings. The van der Waals surface area contributed by atoms with Crippen LogP contribution in [0.3, 0.4) is 0 Å². The lowest BCUT2D eigenvalue weighted by Crippen LogP contribution is -2.41. The number of anilines is 1. The summed E-state index contributed by atoms with van der Waals surface area (Å²) < 4.78 is 63.3. The first-order valence-corrected chi connectivity index (χ1v) is 13.3. The number of hydrogen-bond donors (Lipinski definition) is 2. The number of nitrogens with zero attached hydrogens (tertiary/aromatic N) is 2. The molecule has 9 nitrogen and oxygen atoms in total. The Kier molecular flexibility index (Phi) is 6.02. The van der Waals surface area contributed by atoms with E-state index in [1.165, 1.54) is 34.6 Å². The minimum Gasteiger partial charge on any atom is -0.302 e. The third-order valence-electron chi connectivity index (χ3n) is 5.19. The van der Waals surface area contributed by atoms with Crippen LogP contribution >= 0.6 is 11.3 Å². The van der Waals surface area contributed by atoms with Crippen LogP contribution in [-0.4, -0.2) is 45.1 Å². The number of aromatic nitrogens is 1. The van der Waals surface area contributed by atoms with Crippen molar-refractivity contribution in [1.82, 2.24) is 9.29 Å². The highest BCUT2D eigenvalue weighted by Crippen LogP contribution is 2.30. The van der Waals surface area contributed by atoms with Gasteiger partial charge in [0.05, 0.1) is 20.0 Å². The van der Waals surface area contributed by atoms with E-state index in [4.69, 9.17) is 5.14 Å². The lowest BCUT2D eigenvalue weighted by atomic mass is 9.97. The van der Waals surface area contributed by atoms with Crippen LogP contribution in [-0.2, 0) is 24.8 Å². The predicted octanol–water partition coefficient (Wildman–Crippen LogP) is 2.12. The van der Waals surface area contributed by atoms with E-state index >= 15 is 0 Å². The van der Waals surface area contributed by atoms with Gasteiger partial charge in [0, 0.05) is 19.0 Å². The van der Waals surface area contributed by atoms with Crippen LogP contribution in [0.5, 0.6) is 0 Å². The molecule has 0 aliphatic carbocycles. The molecule has 1 saturated heterocycles. The average Bonchev–Trinajstić information content (AvgIpc) is 3.15. The van der Waals surface area contributed by atoms with Gasteiger partial charge in [0.15, 0.2) is 5.13 Å². The number of sulfonamides is 2. The van der Waals surface area contributed by atoms with E-state index in [-0.39, 0.29) is 28.8 Å². The Morgan fingerprint density at radius 3 is 2.31 bits per heavy atom. The number of nitrogens with two attached hydrogens (primary N) is 1. The Hall–Kier alpha value is -2.45. The van der Waals surface area contributed by atoms with Crippen molar-refractivity contribution in [2.24, 2.45) is 11.1 Å². The fourth-order valence-corrected chi connectivity index (χ4v) is 6.45. The zero-order valence-corrected chi connectivity index (χ0v) is 19.0. The molecular weight excluding hydrogens is 479 g/mol. The quantitative estimate of drug-likeness (QED) is 0.552. The minimum absolute atomic E-state index is 0.00939. The monoisotopic (exact) mass is 498 g/mol. The van der Waals surface area contributed by atoms with Crippen molar-refractivity contribution in [2.45, 2.75) is 22.6 Å². The molecule has 13 heteroatoms. The van der Waals surface area contributed by atoms with Gasteiger partial charge in [-0.2, -0.15) is 4.31 Å². The Bertz CT molecular complexity index is 1380. The van der Waals surface area contributed by atoms with Gasteiger partial charge in [-0.15, -0.1) is 0 Å². The molecule has 1 aliphatic heterocycles. The van der Waals surface area contributed by atoms with E-state index in [2.05, 4.69) is 10.3 Å². The van der Waals surface area contributed by atoms with Crippen LogP contribution in [0.4, 0.5) is 9.52 Å². The van der Waals surface area contributed by atoms with E-state index < -0.39 is 31.8 Å². The first kappa shape index (κ1) is 22.7. The molecule has 2 aromatic carbocycles. The van der Waals surface area contributed by atoms with E-state index in [0.29, 0.717) is 28.2 Å². The Labute approximate surface area is 188 Å².